The molecule has 0 radical (unpaired) electrons. The van der Waals surface area contributed by atoms with Crippen LogP contribution in [0, 0.1) is 0 Å². The maximum absolute atomic E-state index is 12.6. The van der Waals surface area contributed by atoms with E-state index in [1.807, 2.05) is 24.3 Å². The molecule has 0 spiro atoms. The zero-order valence-electron chi connectivity index (χ0n) is 14.3. The summed E-state index contributed by atoms with van der Waals surface area (Å²) in [5.41, 5.74) is 1.87. The molecule has 1 aliphatic rings. The molecule has 0 fully saturated rings. The van der Waals surface area contributed by atoms with Crippen LogP contribution in [0.1, 0.15) is 22.8 Å². The maximum atomic E-state index is 12.6. The Morgan fingerprint density at radius 2 is 1.88 bits per heavy atom. The molecule has 0 saturated heterocycles. The Hall–Kier alpha value is -3.02. The van der Waals surface area contributed by atoms with Crippen LogP contribution in [0.25, 0.3) is 0 Å². The number of benzene rings is 2. The number of hydrogen-bond donors (Lipinski definition) is 0. The number of hydrogen-bond acceptors (Lipinski definition) is 5. The van der Waals surface area contributed by atoms with Gasteiger partial charge in [0.2, 0.25) is 0 Å². The Morgan fingerprint density at radius 1 is 1.16 bits per heavy atom. The second-order valence-electron chi connectivity index (χ2n) is 5.71. The van der Waals surface area contributed by atoms with Gasteiger partial charge in [-0.15, -0.1) is 0 Å². The zero-order chi connectivity index (χ0) is 18.0. The third kappa shape index (κ3) is 3.28. The van der Waals surface area contributed by atoms with Crippen molar-refractivity contribution in [3.05, 3.63) is 53.6 Å². The number of amides is 1. The van der Waals surface area contributed by atoms with Crippen molar-refractivity contribution in [3.63, 3.8) is 0 Å². The highest BCUT2D eigenvalue weighted by Gasteiger charge is 2.32. The second kappa shape index (κ2) is 6.84. The van der Waals surface area contributed by atoms with Gasteiger partial charge in [-0.3, -0.25) is 4.79 Å². The lowest BCUT2D eigenvalue weighted by Crippen LogP contribution is -2.44. The first-order valence-corrected chi connectivity index (χ1v) is 7.87. The number of esters is 1. The predicted molar refractivity (Wildman–Crippen MR) is 92.1 cm³/mol. The Bertz CT molecular complexity index is 800. The largest absolute Gasteiger partial charge is 0.497 e. The minimum atomic E-state index is -0.588. The van der Waals surface area contributed by atoms with Gasteiger partial charge < -0.3 is 19.1 Å². The summed E-state index contributed by atoms with van der Waals surface area (Å²) in [7, 11) is 2.92. The van der Waals surface area contributed by atoms with E-state index in [1.165, 1.54) is 7.11 Å². The number of ether oxygens (including phenoxy) is 3. The van der Waals surface area contributed by atoms with Crippen molar-refractivity contribution in [2.24, 2.45) is 0 Å². The summed E-state index contributed by atoms with van der Waals surface area (Å²) in [5, 5.41) is 0. The van der Waals surface area contributed by atoms with E-state index in [-0.39, 0.29) is 5.91 Å². The summed E-state index contributed by atoms with van der Waals surface area (Å²) < 4.78 is 15.6. The molecule has 3 rings (SSSR count). The fraction of sp³-hybridized carbons (Fsp3) is 0.263. The number of anilines is 1. The molecule has 0 N–H and O–H groups in total. The van der Waals surface area contributed by atoms with Gasteiger partial charge in [0.1, 0.15) is 11.5 Å². The van der Waals surface area contributed by atoms with Gasteiger partial charge in [0, 0.05) is 0 Å². The number of carbonyl (C=O) groups is 2. The fourth-order valence-corrected chi connectivity index (χ4v) is 2.73. The van der Waals surface area contributed by atoms with Crippen molar-refractivity contribution in [3.8, 4) is 11.5 Å². The summed E-state index contributed by atoms with van der Waals surface area (Å²) >= 11 is 0. The predicted octanol–water partition coefficient (Wildman–Crippen LogP) is 2.80. The van der Waals surface area contributed by atoms with E-state index in [1.54, 1.807) is 37.1 Å². The highest BCUT2D eigenvalue weighted by atomic mass is 16.5. The van der Waals surface area contributed by atoms with Gasteiger partial charge >= 0.3 is 5.97 Å². The van der Waals surface area contributed by atoms with E-state index < -0.39 is 12.1 Å². The summed E-state index contributed by atoms with van der Waals surface area (Å²) in [4.78, 5) is 26.0. The minimum absolute atomic E-state index is 0.162. The lowest BCUT2D eigenvalue weighted by molar-refractivity contribution is -0.125. The Labute approximate surface area is 145 Å². The van der Waals surface area contributed by atoms with Crippen LogP contribution in [0.15, 0.2) is 42.5 Å². The van der Waals surface area contributed by atoms with Gasteiger partial charge in [-0.2, -0.15) is 0 Å². The first-order valence-electron chi connectivity index (χ1n) is 7.87. The molecule has 1 aliphatic heterocycles. The molecule has 6 heteroatoms. The average molecular weight is 341 g/mol. The van der Waals surface area contributed by atoms with Gasteiger partial charge in [-0.05, 0) is 42.8 Å². The summed E-state index contributed by atoms with van der Waals surface area (Å²) in [5.74, 6) is 0.690. The van der Waals surface area contributed by atoms with Crippen LogP contribution < -0.4 is 14.4 Å². The molecule has 2 aromatic rings. The molecule has 130 valence electrons. The minimum Gasteiger partial charge on any atom is -0.497 e. The molecule has 1 heterocycles. The molecule has 0 aromatic heterocycles. The number of methoxy groups -OCH3 is 2. The molecule has 0 unspecified atom stereocenters. The number of rotatable bonds is 4. The maximum Gasteiger partial charge on any atom is 0.337 e. The number of fused-ring (bicyclic) bond motifs is 1. The van der Waals surface area contributed by atoms with Gasteiger partial charge in [0.15, 0.2) is 6.10 Å². The lowest BCUT2D eigenvalue weighted by atomic mass is 10.1. The van der Waals surface area contributed by atoms with E-state index in [4.69, 9.17) is 14.2 Å². The molecule has 25 heavy (non-hydrogen) atoms. The molecule has 0 saturated carbocycles. The van der Waals surface area contributed by atoms with Crippen LogP contribution in [0.3, 0.4) is 0 Å². The highest BCUT2D eigenvalue weighted by Crippen LogP contribution is 2.36. The molecule has 0 aliphatic carbocycles. The van der Waals surface area contributed by atoms with Crippen molar-refractivity contribution in [2.45, 2.75) is 19.6 Å². The van der Waals surface area contributed by atoms with Crippen LogP contribution in [0.5, 0.6) is 11.5 Å². The summed E-state index contributed by atoms with van der Waals surface area (Å²) in [6, 6.07) is 12.4. The van der Waals surface area contributed by atoms with Gasteiger partial charge in [0.25, 0.3) is 5.91 Å². The van der Waals surface area contributed by atoms with Crippen LogP contribution in [-0.4, -0.2) is 32.2 Å². The smallest absolute Gasteiger partial charge is 0.337 e. The van der Waals surface area contributed by atoms with Crippen LogP contribution in [0.4, 0.5) is 5.69 Å². The number of carbonyl (C=O) groups excluding carboxylic acids is 2. The normalized spacial score (nSPS) is 16.0. The van der Waals surface area contributed by atoms with E-state index in [9.17, 15) is 9.59 Å². The van der Waals surface area contributed by atoms with Crippen LogP contribution >= 0.6 is 0 Å². The first kappa shape index (κ1) is 16.8. The Balaban J connectivity index is 1.97. The molecular weight excluding hydrogens is 322 g/mol. The van der Waals surface area contributed by atoms with Crippen molar-refractivity contribution >= 4 is 17.6 Å². The summed E-state index contributed by atoms with van der Waals surface area (Å²) in [6.07, 6.45) is -0.588. The SMILES string of the molecule is COC(=O)c1ccc2c(c1)N(Cc1ccc(OC)cc1)C(=O)[C@@H](C)O2. The molecule has 2 aromatic carbocycles. The third-order valence-electron chi connectivity index (χ3n) is 4.09. The highest BCUT2D eigenvalue weighted by molar-refractivity contribution is 6.01. The second-order valence-corrected chi connectivity index (χ2v) is 5.71. The van der Waals surface area contributed by atoms with Crippen molar-refractivity contribution in [1.82, 2.24) is 0 Å². The van der Waals surface area contributed by atoms with Gasteiger partial charge in [-0.1, -0.05) is 12.1 Å². The monoisotopic (exact) mass is 341 g/mol. The molecular formula is C19H19NO5. The zero-order valence-corrected chi connectivity index (χ0v) is 14.3. The lowest BCUT2D eigenvalue weighted by Gasteiger charge is -2.33. The third-order valence-corrected chi connectivity index (χ3v) is 4.09. The molecule has 1 amide bonds. The summed E-state index contributed by atoms with van der Waals surface area (Å²) in [6.45, 7) is 2.08. The fourth-order valence-electron chi connectivity index (χ4n) is 2.73. The van der Waals surface area contributed by atoms with Crippen LogP contribution in [0.2, 0.25) is 0 Å². The Morgan fingerprint density at radius 3 is 2.52 bits per heavy atom. The number of nitrogens with zero attached hydrogens (tertiary/aromatic N) is 1. The van der Waals surface area contributed by atoms with Crippen molar-refractivity contribution < 1.29 is 23.8 Å². The average Bonchev–Trinajstić information content (AvgIpc) is 2.65. The van der Waals surface area contributed by atoms with E-state index >= 15 is 0 Å². The quantitative estimate of drug-likeness (QED) is 0.800. The van der Waals surface area contributed by atoms with E-state index in [0.717, 1.165) is 11.3 Å². The molecule has 6 nitrogen and oxygen atoms in total. The van der Waals surface area contributed by atoms with E-state index in [0.29, 0.717) is 23.5 Å². The Kier molecular flexibility index (Phi) is 4.61. The van der Waals surface area contributed by atoms with Crippen molar-refractivity contribution in [1.29, 1.82) is 0 Å². The topological polar surface area (TPSA) is 65.1 Å². The van der Waals surface area contributed by atoms with Gasteiger partial charge in [0.05, 0.1) is 32.0 Å². The van der Waals surface area contributed by atoms with E-state index in [2.05, 4.69) is 0 Å². The van der Waals surface area contributed by atoms with Crippen LogP contribution in [-0.2, 0) is 16.1 Å². The standard InChI is InChI=1S/C19H19NO5/c1-12-18(21)20(11-13-4-7-15(23-2)8-5-13)16-10-14(19(22)24-3)6-9-17(16)25-12/h4-10,12H,11H2,1-3H3/t12-/m1/s1. The first-order chi connectivity index (χ1) is 12.0. The van der Waals surface area contributed by atoms with Crippen molar-refractivity contribution in [2.75, 3.05) is 19.1 Å². The van der Waals surface area contributed by atoms with Gasteiger partial charge in [-0.25, -0.2) is 4.79 Å². The molecule has 0 bridgehead atoms. The molecule has 1 atom stereocenters.